The maximum Gasteiger partial charge on any atom is 0.480 e. The lowest BCUT2D eigenvalue weighted by molar-refractivity contribution is -0.697. The Kier molecular flexibility index (Phi) is 8.30. The van der Waals surface area contributed by atoms with Crippen molar-refractivity contribution in [3.05, 3.63) is 34.7 Å². The second-order valence-corrected chi connectivity index (χ2v) is 7.81. The summed E-state index contributed by atoms with van der Waals surface area (Å²) in [5.41, 5.74) is -12.4. The smallest absolute Gasteiger partial charge is 0.421 e. The molecule has 1 aromatic rings. The molecule has 0 aromatic carbocycles. The van der Waals surface area contributed by atoms with Crippen LogP contribution in [0.25, 0.3) is 4.13 Å². The summed E-state index contributed by atoms with van der Waals surface area (Å²) in [7, 11) is -13.4. The van der Waals surface area contributed by atoms with Crippen molar-refractivity contribution in [3.8, 4) is 0 Å². The van der Waals surface area contributed by atoms with E-state index in [1.165, 1.54) is 12.8 Å². The van der Waals surface area contributed by atoms with Crippen molar-refractivity contribution in [2.75, 3.05) is 0 Å². The standard InChI is InChI=1S/C9H14N.C2F6NO4S2/c1-2-3-7-10-8-5-4-6-9-10;3-1(4,5)14(10,11)9-15(12,13)2(6,7)8/h4-6,8-9H,2-3,7H2,1H3;/q+1;-1. The van der Waals surface area contributed by atoms with Crippen LogP contribution in [0.15, 0.2) is 30.6 Å². The van der Waals surface area contributed by atoms with Gasteiger partial charge in [-0.1, -0.05) is 19.4 Å². The number of alkyl halides is 6. The maximum absolute atomic E-state index is 11.4. The van der Waals surface area contributed by atoms with Crippen LogP contribution in [0, 0.1) is 0 Å². The van der Waals surface area contributed by atoms with Gasteiger partial charge in [0.15, 0.2) is 32.4 Å². The van der Waals surface area contributed by atoms with Crippen LogP contribution >= 0.6 is 0 Å². The molecule has 0 aliphatic carbocycles. The molecule has 146 valence electrons. The number of sulfonamides is 2. The van der Waals surface area contributed by atoms with Gasteiger partial charge in [0.1, 0.15) is 6.54 Å². The van der Waals surface area contributed by atoms with E-state index >= 15 is 0 Å². The van der Waals surface area contributed by atoms with Gasteiger partial charge in [0.05, 0.1) is 0 Å². The van der Waals surface area contributed by atoms with Gasteiger partial charge in [-0.2, -0.15) is 26.3 Å². The van der Waals surface area contributed by atoms with E-state index in [9.17, 15) is 43.2 Å². The SMILES string of the molecule is CCCC[n+]1ccccc1.O=S(=O)([N-]S(=O)(=O)C(F)(F)F)C(F)(F)F. The molecule has 0 bridgehead atoms. The van der Waals surface area contributed by atoms with Crippen LogP contribution in [0.4, 0.5) is 26.3 Å². The highest BCUT2D eigenvalue weighted by Crippen LogP contribution is 2.36. The number of aromatic nitrogens is 1. The van der Waals surface area contributed by atoms with Crippen LogP contribution in [-0.4, -0.2) is 27.9 Å². The van der Waals surface area contributed by atoms with Gasteiger partial charge in [-0.25, -0.2) is 21.4 Å². The molecular weight excluding hydrogens is 402 g/mol. The summed E-state index contributed by atoms with van der Waals surface area (Å²) in [5, 5.41) is 0. The van der Waals surface area contributed by atoms with Gasteiger partial charge in [-0.05, 0) is 0 Å². The Morgan fingerprint density at radius 3 is 1.56 bits per heavy atom. The van der Waals surface area contributed by atoms with E-state index in [0.717, 1.165) is 10.7 Å². The van der Waals surface area contributed by atoms with E-state index in [4.69, 9.17) is 0 Å². The van der Waals surface area contributed by atoms with E-state index in [1.54, 1.807) is 0 Å². The van der Waals surface area contributed by atoms with Gasteiger partial charge in [0, 0.05) is 18.6 Å². The lowest BCUT2D eigenvalue weighted by Gasteiger charge is -2.22. The quantitative estimate of drug-likeness (QED) is 0.546. The minimum atomic E-state index is -6.72. The summed E-state index contributed by atoms with van der Waals surface area (Å²) in [5.74, 6) is 0. The van der Waals surface area contributed by atoms with Crippen molar-refractivity contribution in [1.82, 2.24) is 0 Å². The number of nitrogens with zero attached hydrogens (tertiary/aromatic N) is 2. The van der Waals surface area contributed by atoms with Gasteiger partial charge in [-0.3, -0.25) is 0 Å². The van der Waals surface area contributed by atoms with Gasteiger partial charge < -0.3 is 4.13 Å². The Hall–Kier alpha value is -1.41. The van der Waals surface area contributed by atoms with Crippen molar-refractivity contribution < 1.29 is 47.7 Å². The molecule has 0 saturated heterocycles. The van der Waals surface area contributed by atoms with Gasteiger partial charge in [0.25, 0.3) is 0 Å². The Balaban J connectivity index is 0.000000496. The Labute approximate surface area is 140 Å². The highest BCUT2D eigenvalue weighted by molar-refractivity contribution is 8.13. The van der Waals surface area contributed by atoms with E-state index < -0.39 is 31.1 Å². The molecule has 0 aliphatic heterocycles. The molecule has 0 fully saturated rings. The molecule has 6 nitrogen and oxygen atoms in total. The largest absolute Gasteiger partial charge is 0.480 e. The van der Waals surface area contributed by atoms with E-state index in [1.807, 2.05) is 6.07 Å². The summed E-state index contributed by atoms with van der Waals surface area (Å²) >= 11 is 0. The van der Waals surface area contributed by atoms with Crippen LogP contribution in [-0.2, 0) is 26.6 Å². The van der Waals surface area contributed by atoms with Crippen molar-refractivity contribution in [3.63, 3.8) is 0 Å². The number of hydrogen-bond acceptors (Lipinski definition) is 4. The van der Waals surface area contributed by atoms with Gasteiger partial charge >= 0.3 is 11.0 Å². The highest BCUT2D eigenvalue weighted by Gasteiger charge is 2.46. The molecule has 0 N–H and O–H groups in total. The number of aryl methyl sites for hydroxylation is 1. The van der Waals surface area contributed by atoms with Crippen molar-refractivity contribution >= 4 is 20.0 Å². The topological polar surface area (TPSA) is 86.3 Å². The maximum atomic E-state index is 11.4. The minimum absolute atomic E-state index is 0.778. The Bertz CT molecular complexity index is 688. The molecule has 0 saturated carbocycles. The monoisotopic (exact) mass is 416 g/mol. The number of hydrogen-bond donors (Lipinski definition) is 0. The third-order valence-corrected chi connectivity index (χ3v) is 5.07. The zero-order chi connectivity index (χ0) is 19.9. The van der Waals surface area contributed by atoms with Crippen LogP contribution in [0.2, 0.25) is 0 Å². The molecule has 1 rings (SSSR count). The first-order valence-electron chi connectivity index (χ1n) is 6.45. The number of pyridine rings is 1. The van der Waals surface area contributed by atoms with Crippen molar-refractivity contribution in [1.29, 1.82) is 0 Å². The summed E-state index contributed by atoms with van der Waals surface area (Å²) in [6.45, 7) is 3.36. The second kappa shape index (κ2) is 8.80. The van der Waals surface area contributed by atoms with Gasteiger partial charge in [0.2, 0.25) is 0 Å². The number of rotatable bonds is 5. The lowest BCUT2D eigenvalue weighted by atomic mass is 10.3. The van der Waals surface area contributed by atoms with Crippen LogP contribution in [0.3, 0.4) is 0 Å². The summed E-state index contributed by atoms with van der Waals surface area (Å²) in [4.78, 5) is 0. The normalized spacial score (nSPS) is 13.1. The first-order valence-corrected chi connectivity index (χ1v) is 9.33. The molecule has 0 spiro atoms. The predicted octanol–water partition coefficient (Wildman–Crippen LogP) is 2.83. The Morgan fingerprint density at radius 1 is 0.840 bits per heavy atom. The van der Waals surface area contributed by atoms with Crippen LogP contribution in [0.1, 0.15) is 19.8 Å². The zero-order valence-corrected chi connectivity index (χ0v) is 14.3. The Morgan fingerprint density at radius 2 is 1.24 bits per heavy atom. The molecule has 0 aliphatic rings. The molecule has 0 atom stereocenters. The third-order valence-electron chi connectivity index (χ3n) is 2.33. The molecule has 0 amide bonds. The van der Waals surface area contributed by atoms with Crippen LogP contribution < -0.4 is 4.57 Å². The molecule has 25 heavy (non-hydrogen) atoms. The first kappa shape index (κ1) is 23.6. The predicted molar refractivity (Wildman–Crippen MR) is 74.9 cm³/mol. The summed E-state index contributed by atoms with van der Waals surface area (Å²) in [6, 6.07) is 6.17. The first-order chi connectivity index (χ1) is 11.1. The van der Waals surface area contributed by atoms with Crippen molar-refractivity contribution in [2.45, 2.75) is 37.3 Å². The molecule has 0 radical (unpaired) electrons. The summed E-state index contributed by atoms with van der Waals surface area (Å²) < 4.78 is 111. The molecule has 1 heterocycles. The van der Waals surface area contributed by atoms with E-state index in [-0.39, 0.29) is 0 Å². The number of unbranched alkanes of at least 4 members (excludes halogenated alkanes) is 1. The fraction of sp³-hybridized carbons (Fsp3) is 0.545. The fourth-order valence-corrected chi connectivity index (χ4v) is 2.85. The lowest BCUT2D eigenvalue weighted by Crippen LogP contribution is -2.31. The average molecular weight is 416 g/mol. The molecule has 14 heteroatoms. The second-order valence-electron chi connectivity index (χ2n) is 4.38. The fourth-order valence-electron chi connectivity index (χ4n) is 1.14. The van der Waals surface area contributed by atoms with Gasteiger partial charge in [-0.15, -0.1) is 0 Å². The van der Waals surface area contributed by atoms with Crippen LogP contribution in [0.5, 0.6) is 0 Å². The van der Waals surface area contributed by atoms with E-state index in [2.05, 4.69) is 36.0 Å². The van der Waals surface area contributed by atoms with E-state index in [0.29, 0.717) is 0 Å². The molecular formula is C11H14F6N2O4S2. The highest BCUT2D eigenvalue weighted by atomic mass is 32.3. The number of halogens is 6. The molecule has 1 aromatic heterocycles. The zero-order valence-electron chi connectivity index (χ0n) is 12.6. The van der Waals surface area contributed by atoms with Crippen molar-refractivity contribution in [2.24, 2.45) is 0 Å². The average Bonchev–Trinajstić information content (AvgIpc) is 2.43. The molecule has 0 unspecified atom stereocenters. The third kappa shape index (κ3) is 8.00. The minimum Gasteiger partial charge on any atom is -0.421 e. The summed E-state index contributed by atoms with van der Waals surface area (Å²) in [6.07, 6.45) is 6.75.